The third kappa shape index (κ3) is 4.16. The van der Waals surface area contributed by atoms with Gasteiger partial charge in [-0.15, -0.1) is 0 Å². The molecule has 0 aromatic heterocycles. The Labute approximate surface area is 83.1 Å². The van der Waals surface area contributed by atoms with Gasteiger partial charge in [0.15, 0.2) is 0 Å². The minimum atomic E-state index is 0.178. The quantitative estimate of drug-likeness (QED) is 0.603. The van der Waals surface area contributed by atoms with Crippen LogP contribution in [0.1, 0.15) is 34.1 Å². The Morgan fingerprint density at radius 2 is 1.77 bits per heavy atom. The van der Waals surface area contributed by atoms with E-state index in [1.807, 2.05) is 14.1 Å². The Balaban J connectivity index is 4.71. The van der Waals surface area contributed by atoms with E-state index in [4.69, 9.17) is 0 Å². The maximum absolute atomic E-state index is 4.16. The van der Waals surface area contributed by atoms with Gasteiger partial charge in [0.25, 0.3) is 0 Å². The van der Waals surface area contributed by atoms with E-state index in [2.05, 4.69) is 45.4 Å². The Hall–Kier alpha value is -0.720. The molecule has 76 valence electrons. The third-order valence-corrected chi connectivity index (χ3v) is 2.09. The summed E-state index contributed by atoms with van der Waals surface area (Å²) in [5, 5.41) is 0. The summed E-state index contributed by atoms with van der Waals surface area (Å²) in [6.45, 7) is 12.9. The predicted molar refractivity (Wildman–Crippen MR) is 60.7 cm³/mol. The first kappa shape index (κ1) is 12.3. The van der Waals surface area contributed by atoms with Crippen LogP contribution in [0, 0.1) is 5.41 Å². The van der Waals surface area contributed by atoms with Gasteiger partial charge < -0.3 is 4.90 Å². The lowest BCUT2D eigenvalue weighted by Crippen LogP contribution is -2.12. The third-order valence-electron chi connectivity index (χ3n) is 2.09. The first-order valence-electron chi connectivity index (χ1n) is 4.86. The van der Waals surface area contributed by atoms with E-state index in [9.17, 15) is 0 Å². The van der Waals surface area contributed by atoms with Crippen molar-refractivity contribution in [1.82, 2.24) is 4.90 Å². The van der Waals surface area contributed by atoms with Gasteiger partial charge in [0.1, 0.15) is 0 Å². The highest BCUT2D eigenvalue weighted by Crippen LogP contribution is 2.30. The van der Waals surface area contributed by atoms with Crippen LogP contribution in [-0.4, -0.2) is 19.0 Å². The van der Waals surface area contributed by atoms with Gasteiger partial charge >= 0.3 is 0 Å². The minimum Gasteiger partial charge on any atom is -0.383 e. The van der Waals surface area contributed by atoms with Crippen LogP contribution in [0.4, 0.5) is 0 Å². The van der Waals surface area contributed by atoms with Crippen LogP contribution >= 0.6 is 0 Å². The van der Waals surface area contributed by atoms with E-state index < -0.39 is 0 Å². The molecule has 0 radical (unpaired) electrons. The Bertz CT molecular complexity index is 204. The standard InChI is InChI=1S/C12H23N/c1-8-11(9-13(6)7)10(2)12(3,4)5/h9H,2,8H2,1,3-7H3/b11-9-. The topological polar surface area (TPSA) is 3.24 Å². The van der Waals surface area contributed by atoms with Gasteiger partial charge in [-0.3, -0.25) is 0 Å². The Morgan fingerprint density at radius 1 is 1.31 bits per heavy atom. The molecular weight excluding hydrogens is 158 g/mol. The molecule has 1 heteroatoms. The van der Waals surface area contributed by atoms with Crippen LogP contribution in [0.5, 0.6) is 0 Å². The molecule has 0 heterocycles. The Morgan fingerprint density at radius 3 is 2.00 bits per heavy atom. The molecule has 0 saturated carbocycles. The number of rotatable bonds is 3. The molecule has 0 bridgehead atoms. The lowest BCUT2D eigenvalue weighted by Gasteiger charge is -2.24. The van der Waals surface area contributed by atoms with Crippen molar-refractivity contribution < 1.29 is 0 Å². The van der Waals surface area contributed by atoms with Crippen molar-refractivity contribution in [3.8, 4) is 0 Å². The lowest BCUT2D eigenvalue weighted by atomic mass is 9.82. The van der Waals surface area contributed by atoms with E-state index in [0.29, 0.717) is 0 Å². The summed E-state index contributed by atoms with van der Waals surface area (Å²) in [5.74, 6) is 0. The molecule has 13 heavy (non-hydrogen) atoms. The number of nitrogens with zero attached hydrogens (tertiary/aromatic N) is 1. The van der Waals surface area contributed by atoms with Gasteiger partial charge in [-0.05, 0) is 23.0 Å². The molecule has 0 amide bonds. The monoisotopic (exact) mass is 181 g/mol. The molecule has 0 aliphatic carbocycles. The van der Waals surface area contributed by atoms with Crippen LogP contribution in [0.25, 0.3) is 0 Å². The number of hydrogen-bond donors (Lipinski definition) is 0. The normalized spacial score (nSPS) is 12.9. The van der Waals surface area contributed by atoms with Crippen molar-refractivity contribution in [1.29, 1.82) is 0 Å². The van der Waals surface area contributed by atoms with Gasteiger partial charge in [0, 0.05) is 20.3 Å². The average Bonchev–Trinajstić information content (AvgIpc) is 1.96. The fraction of sp³-hybridized carbons (Fsp3) is 0.667. The van der Waals surface area contributed by atoms with Crippen molar-refractivity contribution in [2.75, 3.05) is 14.1 Å². The van der Waals surface area contributed by atoms with Crippen molar-refractivity contribution in [3.05, 3.63) is 23.9 Å². The van der Waals surface area contributed by atoms with E-state index in [0.717, 1.165) is 6.42 Å². The van der Waals surface area contributed by atoms with Crippen LogP contribution in [0.15, 0.2) is 23.9 Å². The molecule has 0 aromatic carbocycles. The van der Waals surface area contributed by atoms with Gasteiger partial charge in [0.05, 0.1) is 0 Å². The summed E-state index contributed by atoms with van der Waals surface area (Å²) in [6, 6.07) is 0. The summed E-state index contributed by atoms with van der Waals surface area (Å²) in [7, 11) is 4.09. The fourth-order valence-electron chi connectivity index (χ4n) is 1.18. The van der Waals surface area contributed by atoms with Crippen molar-refractivity contribution in [2.45, 2.75) is 34.1 Å². The molecule has 0 spiro atoms. The smallest absolute Gasteiger partial charge is 0.00557 e. The van der Waals surface area contributed by atoms with E-state index in [1.54, 1.807) is 0 Å². The molecule has 0 rings (SSSR count). The van der Waals surface area contributed by atoms with Gasteiger partial charge in [-0.1, -0.05) is 34.3 Å². The second kappa shape index (κ2) is 4.50. The fourth-order valence-corrected chi connectivity index (χ4v) is 1.18. The SMILES string of the molecule is C=C(/C(=C\N(C)C)CC)C(C)(C)C. The van der Waals surface area contributed by atoms with Crippen molar-refractivity contribution >= 4 is 0 Å². The molecule has 0 saturated heterocycles. The summed E-state index contributed by atoms with van der Waals surface area (Å²) >= 11 is 0. The minimum absolute atomic E-state index is 0.178. The highest BCUT2D eigenvalue weighted by Gasteiger charge is 2.17. The second-order valence-corrected chi connectivity index (χ2v) is 4.70. The van der Waals surface area contributed by atoms with Crippen LogP contribution in [0.3, 0.4) is 0 Å². The van der Waals surface area contributed by atoms with E-state index in [1.165, 1.54) is 11.1 Å². The number of allylic oxidation sites excluding steroid dienone is 2. The van der Waals surface area contributed by atoms with Crippen molar-refractivity contribution in [2.24, 2.45) is 5.41 Å². The average molecular weight is 181 g/mol. The maximum atomic E-state index is 4.16. The Kier molecular flexibility index (Phi) is 4.25. The zero-order valence-electron chi connectivity index (χ0n) is 9.94. The molecule has 0 aliphatic heterocycles. The lowest BCUT2D eigenvalue weighted by molar-refractivity contribution is 0.499. The molecule has 0 N–H and O–H groups in total. The first-order chi connectivity index (χ1) is 5.79. The zero-order valence-corrected chi connectivity index (χ0v) is 9.94. The molecule has 0 aromatic rings. The molecule has 1 nitrogen and oxygen atoms in total. The second-order valence-electron chi connectivity index (χ2n) is 4.70. The van der Waals surface area contributed by atoms with Crippen LogP contribution < -0.4 is 0 Å². The van der Waals surface area contributed by atoms with Crippen molar-refractivity contribution in [3.63, 3.8) is 0 Å². The van der Waals surface area contributed by atoms with Crippen LogP contribution in [0.2, 0.25) is 0 Å². The van der Waals surface area contributed by atoms with Gasteiger partial charge in [0.2, 0.25) is 0 Å². The summed E-state index contributed by atoms with van der Waals surface area (Å²) in [4.78, 5) is 2.08. The predicted octanol–water partition coefficient (Wildman–Crippen LogP) is 3.44. The molecular formula is C12H23N. The number of hydrogen-bond acceptors (Lipinski definition) is 1. The molecule has 0 atom stereocenters. The van der Waals surface area contributed by atoms with Crippen LogP contribution in [-0.2, 0) is 0 Å². The van der Waals surface area contributed by atoms with E-state index >= 15 is 0 Å². The summed E-state index contributed by atoms with van der Waals surface area (Å²) in [5.41, 5.74) is 2.76. The molecule has 0 unspecified atom stereocenters. The van der Waals surface area contributed by atoms with E-state index in [-0.39, 0.29) is 5.41 Å². The van der Waals surface area contributed by atoms with Gasteiger partial charge in [-0.25, -0.2) is 0 Å². The first-order valence-corrected chi connectivity index (χ1v) is 4.86. The highest BCUT2D eigenvalue weighted by atomic mass is 15.0. The maximum Gasteiger partial charge on any atom is 0.00557 e. The molecule has 0 aliphatic rings. The highest BCUT2D eigenvalue weighted by molar-refractivity contribution is 5.31. The largest absolute Gasteiger partial charge is 0.383 e. The zero-order chi connectivity index (χ0) is 10.6. The van der Waals surface area contributed by atoms with Gasteiger partial charge in [-0.2, -0.15) is 0 Å². The molecule has 0 fully saturated rings. The summed E-state index contributed by atoms with van der Waals surface area (Å²) < 4.78 is 0. The summed E-state index contributed by atoms with van der Waals surface area (Å²) in [6.07, 6.45) is 3.21.